The summed E-state index contributed by atoms with van der Waals surface area (Å²) in [6.45, 7) is 0. The van der Waals surface area contributed by atoms with Crippen LogP contribution in [-0.2, 0) is 23.3 Å². The number of benzene rings is 2. The number of fused-ring (bicyclic) bond motifs is 7. The van der Waals surface area contributed by atoms with Gasteiger partial charge >= 0.3 is 0 Å². The Morgan fingerprint density at radius 2 is 1.97 bits per heavy atom. The molecule has 2 N–H and O–H groups in total. The molecule has 0 saturated carbocycles. The van der Waals surface area contributed by atoms with Gasteiger partial charge < -0.3 is 14.9 Å². The van der Waals surface area contributed by atoms with Crippen LogP contribution in [0.5, 0.6) is 0 Å². The summed E-state index contributed by atoms with van der Waals surface area (Å²) in [6.07, 6.45) is 3.22. The largest absolute Gasteiger partial charge is 0.347 e. The standard InChI is InChI=1S/C22H20FN3O2S/c1-26-19-7-5-15(11-16(19)22-17-6-4-14(24-17)10-20(22)26)29(27,28)21-8-12-2-3-13(23)9-18(12)25-21/h2-3,5,7-9,11,14,17,24-25H,4,6,10H2,1H3. The molecule has 5 nitrogen and oxygen atoms in total. The Balaban J connectivity index is 1.53. The van der Waals surface area contributed by atoms with Crippen LogP contribution in [0, 0.1) is 5.82 Å². The maximum atomic E-state index is 13.5. The van der Waals surface area contributed by atoms with Crippen molar-refractivity contribution in [2.45, 2.75) is 41.3 Å². The van der Waals surface area contributed by atoms with E-state index in [1.54, 1.807) is 24.3 Å². The van der Waals surface area contributed by atoms with Crippen LogP contribution < -0.4 is 5.32 Å². The Hall–Kier alpha value is -2.64. The highest BCUT2D eigenvalue weighted by molar-refractivity contribution is 7.91. The van der Waals surface area contributed by atoms with Gasteiger partial charge in [-0.25, -0.2) is 12.8 Å². The molecular weight excluding hydrogens is 389 g/mol. The predicted molar refractivity (Wildman–Crippen MR) is 109 cm³/mol. The lowest BCUT2D eigenvalue weighted by molar-refractivity contribution is 0.503. The lowest BCUT2D eigenvalue weighted by atomic mass is 9.99. The van der Waals surface area contributed by atoms with Crippen LogP contribution in [-0.4, -0.2) is 24.0 Å². The minimum absolute atomic E-state index is 0.0845. The molecule has 148 valence electrons. The van der Waals surface area contributed by atoms with E-state index >= 15 is 0 Å². The molecule has 0 aliphatic carbocycles. The van der Waals surface area contributed by atoms with E-state index in [2.05, 4.69) is 21.9 Å². The molecule has 2 aliphatic heterocycles. The second kappa shape index (κ2) is 5.70. The van der Waals surface area contributed by atoms with Crippen molar-refractivity contribution in [2.24, 2.45) is 7.05 Å². The summed E-state index contributed by atoms with van der Waals surface area (Å²) < 4.78 is 42.3. The van der Waals surface area contributed by atoms with Crippen LogP contribution in [0.3, 0.4) is 0 Å². The molecule has 2 aliphatic rings. The molecule has 4 aromatic rings. The highest BCUT2D eigenvalue weighted by Crippen LogP contribution is 2.42. The van der Waals surface area contributed by atoms with E-state index in [0.717, 1.165) is 30.2 Å². The Morgan fingerprint density at radius 3 is 2.83 bits per heavy atom. The maximum absolute atomic E-state index is 13.5. The number of nitrogens with zero attached hydrogens (tertiary/aromatic N) is 1. The summed E-state index contributed by atoms with van der Waals surface area (Å²) in [5, 5.41) is 5.42. The van der Waals surface area contributed by atoms with Crippen molar-refractivity contribution in [3.8, 4) is 0 Å². The van der Waals surface area contributed by atoms with E-state index in [-0.39, 0.29) is 9.92 Å². The van der Waals surface area contributed by atoms with Crippen LogP contribution in [0.2, 0.25) is 0 Å². The fraction of sp³-hybridized carbons (Fsp3) is 0.273. The van der Waals surface area contributed by atoms with Crippen LogP contribution in [0.1, 0.15) is 30.1 Å². The zero-order valence-corrected chi connectivity index (χ0v) is 16.7. The van der Waals surface area contributed by atoms with Crippen molar-refractivity contribution in [3.63, 3.8) is 0 Å². The highest BCUT2D eigenvalue weighted by atomic mass is 32.2. The summed E-state index contributed by atoms with van der Waals surface area (Å²) in [4.78, 5) is 3.13. The van der Waals surface area contributed by atoms with E-state index in [1.165, 1.54) is 23.4 Å². The molecule has 2 aromatic heterocycles. The minimum atomic E-state index is -3.74. The van der Waals surface area contributed by atoms with Gasteiger partial charge in [-0.1, -0.05) is 0 Å². The first kappa shape index (κ1) is 17.2. The van der Waals surface area contributed by atoms with E-state index < -0.39 is 15.7 Å². The van der Waals surface area contributed by atoms with Gasteiger partial charge in [0, 0.05) is 53.1 Å². The topological polar surface area (TPSA) is 66.9 Å². The van der Waals surface area contributed by atoms with Gasteiger partial charge in [0.05, 0.1) is 4.90 Å². The predicted octanol–water partition coefficient (Wildman–Crippen LogP) is 3.98. The van der Waals surface area contributed by atoms with E-state index in [4.69, 9.17) is 0 Å². The van der Waals surface area contributed by atoms with Crippen LogP contribution in [0.15, 0.2) is 52.4 Å². The quantitative estimate of drug-likeness (QED) is 0.526. The SMILES string of the molecule is Cn1c2c(c3cc(S(=O)(=O)c4cc5ccc(F)cc5[nH]4)ccc31)C1CCC(C2)N1. The molecule has 2 bridgehead atoms. The zero-order valence-electron chi connectivity index (χ0n) is 15.9. The molecule has 29 heavy (non-hydrogen) atoms. The Bertz CT molecular complexity index is 1420. The smallest absolute Gasteiger partial charge is 0.221 e. The van der Waals surface area contributed by atoms with Crippen LogP contribution in [0.4, 0.5) is 4.39 Å². The molecule has 1 saturated heterocycles. The molecule has 1 fully saturated rings. The van der Waals surface area contributed by atoms with Gasteiger partial charge in [-0.05, 0) is 60.9 Å². The number of aryl methyl sites for hydroxylation is 1. The average molecular weight is 409 g/mol. The van der Waals surface area contributed by atoms with Gasteiger partial charge in [0.2, 0.25) is 9.84 Å². The molecule has 0 spiro atoms. The van der Waals surface area contributed by atoms with Gasteiger partial charge in [0.1, 0.15) is 10.8 Å². The van der Waals surface area contributed by atoms with Crippen molar-refractivity contribution < 1.29 is 12.8 Å². The van der Waals surface area contributed by atoms with E-state index in [0.29, 0.717) is 23.0 Å². The molecule has 4 heterocycles. The third-order valence-electron chi connectivity index (χ3n) is 6.52. The van der Waals surface area contributed by atoms with Gasteiger partial charge in [-0.15, -0.1) is 0 Å². The number of halogens is 1. The van der Waals surface area contributed by atoms with Crippen LogP contribution >= 0.6 is 0 Å². The number of aromatic amines is 1. The number of hydrogen-bond acceptors (Lipinski definition) is 3. The molecule has 0 radical (unpaired) electrons. The third kappa shape index (κ3) is 2.37. The molecule has 2 atom stereocenters. The summed E-state index contributed by atoms with van der Waals surface area (Å²) in [6, 6.07) is 12.0. The summed E-state index contributed by atoms with van der Waals surface area (Å²) >= 11 is 0. The molecule has 6 rings (SSSR count). The van der Waals surface area contributed by atoms with Crippen molar-refractivity contribution in [2.75, 3.05) is 0 Å². The van der Waals surface area contributed by atoms with Crippen molar-refractivity contribution >= 4 is 31.6 Å². The zero-order chi connectivity index (χ0) is 19.9. The van der Waals surface area contributed by atoms with E-state index in [9.17, 15) is 12.8 Å². The monoisotopic (exact) mass is 409 g/mol. The number of rotatable bonds is 2. The van der Waals surface area contributed by atoms with Crippen molar-refractivity contribution in [3.05, 3.63) is 59.5 Å². The van der Waals surface area contributed by atoms with Crippen molar-refractivity contribution in [1.82, 2.24) is 14.9 Å². The Morgan fingerprint density at radius 1 is 1.10 bits per heavy atom. The summed E-state index contributed by atoms with van der Waals surface area (Å²) in [7, 11) is -1.68. The number of nitrogens with one attached hydrogen (secondary N) is 2. The lowest BCUT2D eigenvalue weighted by Crippen LogP contribution is -2.32. The van der Waals surface area contributed by atoms with Crippen molar-refractivity contribution in [1.29, 1.82) is 0 Å². The van der Waals surface area contributed by atoms with Crippen LogP contribution in [0.25, 0.3) is 21.8 Å². The number of hydrogen-bond donors (Lipinski definition) is 2. The maximum Gasteiger partial charge on any atom is 0.221 e. The normalized spacial score (nSPS) is 21.2. The summed E-state index contributed by atoms with van der Waals surface area (Å²) in [5.41, 5.74) is 4.08. The van der Waals surface area contributed by atoms with Gasteiger partial charge in [0.25, 0.3) is 0 Å². The minimum Gasteiger partial charge on any atom is -0.347 e. The second-order valence-corrected chi connectivity index (χ2v) is 10.1. The second-order valence-electron chi connectivity index (χ2n) is 8.16. The molecule has 2 aromatic carbocycles. The average Bonchev–Trinajstić information content (AvgIpc) is 3.37. The first-order chi connectivity index (χ1) is 13.9. The molecular formula is C22H20FN3O2S. The highest BCUT2D eigenvalue weighted by Gasteiger charge is 2.36. The fourth-order valence-corrected chi connectivity index (χ4v) is 6.39. The Labute approximate surface area is 167 Å². The fourth-order valence-electron chi connectivity index (χ4n) is 5.09. The first-order valence-electron chi connectivity index (χ1n) is 9.82. The third-order valence-corrected chi connectivity index (χ3v) is 8.20. The first-order valence-corrected chi connectivity index (χ1v) is 11.3. The van der Waals surface area contributed by atoms with Gasteiger partial charge in [0.15, 0.2) is 0 Å². The number of H-pyrrole nitrogens is 1. The van der Waals surface area contributed by atoms with E-state index in [1.807, 2.05) is 6.07 Å². The number of sulfone groups is 1. The van der Waals surface area contributed by atoms with Gasteiger partial charge in [-0.3, -0.25) is 0 Å². The lowest BCUT2D eigenvalue weighted by Gasteiger charge is -2.23. The molecule has 7 heteroatoms. The summed E-state index contributed by atoms with van der Waals surface area (Å²) in [5.74, 6) is -0.400. The molecule has 2 unspecified atom stereocenters. The Kier molecular flexibility index (Phi) is 3.39. The molecule has 0 amide bonds. The number of aromatic nitrogens is 2. The van der Waals surface area contributed by atoms with Gasteiger partial charge in [-0.2, -0.15) is 0 Å².